The molecule has 0 spiro atoms. The molecule has 1 saturated heterocycles. The van der Waals surface area contributed by atoms with Crippen molar-refractivity contribution < 1.29 is 9.53 Å². The fraction of sp³-hybridized carbons (Fsp3) is 0.909. The quantitative estimate of drug-likeness (QED) is 0.666. The predicted molar refractivity (Wildman–Crippen MR) is 54.3 cm³/mol. The molecule has 1 heterocycles. The average molecular weight is 197 g/mol. The highest BCUT2D eigenvalue weighted by Gasteiger charge is 2.33. The molecule has 2 rings (SSSR count). The van der Waals surface area contributed by atoms with Gasteiger partial charge in [0.15, 0.2) is 0 Å². The summed E-state index contributed by atoms with van der Waals surface area (Å²) in [7, 11) is 1.76. The third-order valence-corrected chi connectivity index (χ3v) is 3.47. The molecule has 0 amide bonds. The summed E-state index contributed by atoms with van der Waals surface area (Å²) < 4.78 is 5.31. The van der Waals surface area contributed by atoms with E-state index in [9.17, 15) is 4.79 Å². The summed E-state index contributed by atoms with van der Waals surface area (Å²) in [4.78, 5) is 14.0. The van der Waals surface area contributed by atoms with E-state index in [2.05, 4.69) is 4.90 Å². The lowest BCUT2D eigenvalue weighted by Gasteiger charge is -2.29. The van der Waals surface area contributed by atoms with Crippen LogP contribution in [0.5, 0.6) is 0 Å². The van der Waals surface area contributed by atoms with E-state index < -0.39 is 0 Å². The Labute approximate surface area is 85.4 Å². The van der Waals surface area contributed by atoms with Crippen LogP contribution in [-0.4, -0.2) is 43.0 Å². The number of carbonyl (C=O) groups excluding carboxylic acids is 1. The monoisotopic (exact) mass is 197 g/mol. The highest BCUT2D eigenvalue weighted by atomic mass is 16.5. The Hall–Kier alpha value is -0.410. The molecular weight excluding hydrogens is 178 g/mol. The summed E-state index contributed by atoms with van der Waals surface area (Å²) in [6, 6.07) is 0.212. The van der Waals surface area contributed by atoms with Crippen LogP contribution in [0.2, 0.25) is 0 Å². The molecular formula is C11H19NO2. The van der Waals surface area contributed by atoms with Crippen molar-refractivity contribution in [2.24, 2.45) is 0 Å². The number of likely N-dealkylation sites (tertiary alicyclic amines) is 1. The zero-order valence-corrected chi connectivity index (χ0v) is 8.87. The maximum absolute atomic E-state index is 11.7. The maximum Gasteiger partial charge on any atom is 0.149 e. The van der Waals surface area contributed by atoms with Crippen LogP contribution in [-0.2, 0) is 9.53 Å². The third kappa shape index (κ3) is 1.98. The van der Waals surface area contributed by atoms with Crippen molar-refractivity contribution in [3.63, 3.8) is 0 Å². The van der Waals surface area contributed by atoms with Gasteiger partial charge in [0.05, 0.1) is 12.1 Å². The molecule has 0 aromatic heterocycles. The van der Waals surface area contributed by atoms with Crippen LogP contribution in [0.1, 0.15) is 32.1 Å². The van der Waals surface area contributed by atoms with Gasteiger partial charge in [-0.05, 0) is 19.3 Å². The van der Waals surface area contributed by atoms with E-state index in [1.165, 1.54) is 6.42 Å². The number of ether oxygens (including phenoxy) is 1. The second kappa shape index (κ2) is 4.41. The summed E-state index contributed by atoms with van der Waals surface area (Å²) in [5.41, 5.74) is 0. The Balaban J connectivity index is 1.91. The molecule has 2 fully saturated rings. The second-order valence-corrected chi connectivity index (χ2v) is 4.37. The molecule has 3 nitrogen and oxygen atoms in total. The summed E-state index contributed by atoms with van der Waals surface area (Å²) in [5, 5.41) is 0. The van der Waals surface area contributed by atoms with Crippen LogP contribution in [0, 0.1) is 0 Å². The highest BCUT2D eigenvalue weighted by Crippen LogP contribution is 2.24. The van der Waals surface area contributed by atoms with Gasteiger partial charge in [-0.25, -0.2) is 0 Å². The topological polar surface area (TPSA) is 29.5 Å². The Morgan fingerprint density at radius 1 is 1.36 bits per heavy atom. The van der Waals surface area contributed by atoms with Gasteiger partial charge in [0.1, 0.15) is 5.78 Å². The summed E-state index contributed by atoms with van der Waals surface area (Å²) >= 11 is 0. The van der Waals surface area contributed by atoms with Crippen LogP contribution >= 0.6 is 0 Å². The van der Waals surface area contributed by atoms with Crippen LogP contribution in [0.25, 0.3) is 0 Å². The van der Waals surface area contributed by atoms with Crippen molar-refractivity contribution in [1.82, 2.24) is 4.90 Å². The molecule has 1 aliphatic carbocycles. The first-order valence-electron chi connectivity index (χ1n) is 5.61. The zero-order chi connectivity index (χ0) is 9.97. The summed E-state index contributed by atoms with van der Waals surface area (Å²) in [6.45, 7) is 1.99. The fourth-order valence-corrected chi connectivity index (χ4v) is 2.58. The normalized spacial score (nSPS) is 35.1. The van der Waals surface area contributed by atoms with Gasteiger partial charge in [-0.3, -0.25) is 9.69 Å². The van der Waals surface area contributed by atoms with Crippen molar-refractivity contribution in [2.45, 2.75) is 44.2 Å². The molecule has 0 radical (unpaired) electrons. The van der Waals surface area contributed by atoms with Crippen molar-refractivity contribution in [2.75, 3.05) is 20.2 Å². The van der Waals surface area contributed by atoms with Crippen LogP contribution < -0.4 is 0 Å². The van der Waals surface area contributed by atoms with Crippen molar-refractivity contribution in [3.8, 4) is 0 Å². The first kappa shape index (κ1) is 10.1. The Kier molecular flexibility index (Phi) is 3.19. The summed E-state index contributed by atoms with van der Waals surface area (Å²) in [5.74, 6) is 0.452. The van der Waals surface area contributed by atoms with Gasteiger partial charge in [-0.2, -0.15) is 0 Å². The van der Waals surface area contributed by atoms with Gasteiger partial charge in [-0.1, -0.05) is 6.42 Å². The number of carbonyl (C=O) groups is 1. The molecule has 14 heavy (non-hydrogen) atoms. The molecule has 2 atom stereocenters. The van der Waals surface area contributed by atoms with E-state index in [1.807, 2.05) is 0 Å². The molecule has 1 saturated carbocycles. The molecule has 2 unspecified atom stereocenters. The van der Waals surface area contributed by atoms with E-state index in [-0.39, 0.29) is 6.04 Å². The van der Waals surface area contributed by atoms with Crippen LogP contribution in [0.3, 0.4) is 0 Å². The van der Waals surface area contributed by atoms with Gasteiger partial charge >= 0.3 is 0 Å². The van der Waals surface area contributed by atoms with E-state index >= 15 is 0 Å². The molecule has 0 bridgehead atoms. The first-order chi connectivity index (χ1) is 6.81. The average Bonchev–Trinajstić information content (AvgIpc) is 2.67. The largest absolute Gasteiger partial charge is 0.380 e. The van der Waals surface area contributed by atoms with Gasteiger partial charge in [0.25, 0.3) is 0 Å². The van der Waals surface area contributed by atoms with Crippen LogP contribution in [0.4, 0.5) is 0 Å². The smallest absolute Gasteiger partial charge is 0.149 e. The van der Waals surface area contributed by atoms with E-state index in [4.69, 9.17) is 4.74 Å². The number of Topliss-reactive ketones (excluding diaryl/α,β-unsaturated/α-hetero) is 1. The van der Waals surface area contributed by atoms with Gasteiger partial charge < -0.3 is 4.74 Å². The number of rotatable bonds is 2. The van der Waals surface area contributed by atoms with E-state index in [0.29, 0.717) is 11.9 Å². The predicted octanol–water partition coefficient (Wildman–Crippen LogP) is 1.22. The number of ketones is 1. The zero-order valence-electron chi connectivity index (χ0n) is 8.87. The molecule has 80 valence electrons. The van der Waals surface area contributed by atoms with Gasteiger partial charge in [-0.15, -0.1) is 0 Å². The molecule has 0 N–H and O–H groups in total. The lowest BCUT2D eigenvalue weighted by molar-refractivity contribution is -0.125. The van der Waals surface area contributed by atoms with Crippen molar-refractivity contribution in [1.29, 1.82) is 0 Å². The minimum Gasteiger partial charge on any atom is -0.380 e. The fourth-order valence-electron chi connectivity index (χ4n) is 2.58. The number of hydrogen-bond acceptors (Lipinski definition) is 3. The Morgan fingerprint density at radius 2 is 2.21 bits per heavy atom. The SMILES string of the molecule is COC1CCN(C2CCCCC2=O)C1. The molecule has 3 heteroatoms. The lowest BCUT2D eigenvalue weighted by atomic mass is 9.93. The van der Waals surface area contributed by atoms with E-state index in [0.717, 1.165) is 38.8 Å². The van der Waals surface area contributed by atoms with Gasteiger partial charge in [0, 0.05) is 26.6 Å². The third-order valence-electron chi connectivity index (χ3n) is 3.47. The maximum atomic E-state index is 11.7. The van der Waals surface area contributed by atoms with E-state index in [1.54, 1.807) is 7.11 Å². The summed E-state index contributed by atoms with van der Waals surface area (Å²) in [6.07, 6.45) is 5.60. The Morgan fingerprint density at radius 3 is 2.86 bits per heavy atom. The molecule has 2 aliphatic rings. The standard InChI is InChI=1S/C11H19NO2/c1-14-9-6-7-12(8-9)10-4-2-3-5-11(10)13/h9-10H,2-8H2,1H3. The number of methoxy groups -OCH3 is 1. The molecule has 1 aliphatic heterocycles. The Bertz CT molecular complexity index is 217. The lowest BCUT2D eigenvalue weighted by Crippen LogP contribution is -2.42. The molecule has 0 aromatic rings. The molecule has 0 aromatic carbocycles. The second-order valence-electron chi connectivity index (χ2n) is 4.37. The van der Waals surface area contributed by atoms with Gasteiger partial charge in [0.2, 0.25) is 0 Å². The first-order valence-corrected chi connectivity index (χ1v) is 5.61. The number of nitrogens with zero attached hydrogens (tertiary/aromatic N) is 1. The number of hydrogen-bond donors (Lipinski definition) is 0. The van der Waals surface area contributed by atoms with Crippen molar-refractivity contribution in [3.05, 3.63) is 0 Å². The minimum atomic E-state index is 0.212. The highest BCUT2D eigenvalue weighted by molar-refractivity contribution is 5.84. The van der Waals surface area contributed by atoms with Crippen molar-refractivity contribution >= 4 is 5.78 Å². The van der Waals surface area contributed by atoms with Crippen LogP contribution in [0.15, 0.2) is 0 Å². The minimum absolute atomic E-state index is 0.212.